The summed E-state index contributed by atoms with van der Waals surface area (Å²) in [7, 11) is 0. The van der Waals surface area contributed by atoms with Gasteiger partial charge in [-0.15, -0.1) is 0 Å². The largest absolute Gasteiger partial charge is 0.506 e. The third-order valence-electron chi connectivity index (χ3n) is 4.49. The molecule has 0 radical (unpaired) electrons. The van der Waals surface area contributed by atoms with Crippen LogP contribution < -0.4 is 5.56 Å². The highest BCUT2D eigenvalue weighted by Crippen LogP contribution is 2.32. The zero-order chi connectivity index (χ0) is 19.0. The van der Waals surface area contributed by atoms with E-state index < -0.39 is 0 Å². The number of nitrogens with zero attached hydrogens (tertiary/aromatic N) is 4. The van der Waals surface area contributed by atoms with Crippen LogP contribution in [-0.2, 0) is 19.5 Å². The summed E-state index contributed by atoms with van der Waals surface area (Å²) in [4.78, 5) is 29.9. The van der Waals surface area contributed by atoms with Gasteiger partial charge in [-0.05, 0) is 18.6 Å². The normalized spacial score (nSPS) is 14.1. The van der Waals surface area contributed by atoms with E-state index >= 15 is 0 Å². The Hall–Kier alpha value is -2.48. The topological polar surface area (TPSA) is 95.0 Å². The minimum Gasteiger partial charge on any atom is -0.506 e. The van der Waals surface area contributed by atoms with E-state index in [9.17, 15) is 9.90 Å². The number of phenols is 1. The summed E-state index contributed by atoms with van der Waals surface area (Å²) in [5.41, 5.74) is 2.52. The molecule has 0 unspecified atom stereocenters. The van der Waals surface area contributed by atoms with E-state index in [1.165, 1.54) is 12.4 Å². The molecule has 0 aliphatic carbocycles. The second kappa shape index (κ2) is 7.26. The Kier molecular flexibility index (Phi) is 4.82. The lowest BCUT2D eigenvalue weighted by molar-refractivity contribution is 0.237. The number of hydrogen-bond acceptors (Lipinski definition) is 6. The van der Waals surface area contributed by atoms with Gasteiger partial charge in [-0.2, -0.15) is 0 Å². The molecule has 0 bridgehead atoms. The lowest BCUT2D eigenvalue weighted by Crippen LogP contribution is -2.35. The zero-order valence-corrected chi connectivity index (χ0v) is 15.6. The molecule has 9 heteroatoms. The average molecular weight is 404 g/mol. The maximum absolute atomic E-state index is 12.4. The third-order valence-corrected chi connectivity index (χ3v) is 4.99. The van der Waals surface area contributed by atoms with E-state index in [1.54, 1.807) is 18.5 Å². The fourth-order valence-electron chi connectivity index (χ4n) is 3.17. The molecule has 0 amide bonds. The molecular weight excluding hydrogens is 389 g/mol. The average Bonchev–Trinajstić information content (AvgIpc) is 2.66. The van der Waals surface area contributed by atoms with Gasteiger partial charge in [0, 0.05) is 48.2 Å². The predicted octanol–water partition coefficient (Wildman–Crippen LogP) is 2.80. The van der Waals surface area contributed by atoms with Gasteiger partial charge in [0.2, 0.25) is 0 Å². The van der Waals surface area contributed by atoms with E-state index in [2.05, 4.69) is 24.8 Å². The molecule has 27 heavy (non-hydrogen) atoms. The number of fused-ring (bicyclic) bond motifs is 1. The number of nitrogens with one attached hydrogen (secondary N) is 1. The number of rotatable bonds is 3. The Morgan fingerprint density at radius 3 is 2.78 bits per heavy atom. The Morgan fingerprint density at radius 2 is 2.00 bits per heavy atom. The predicted molar refractivity (Wildman–Crippen MR) is 102 cm³/mol. The summed E-state index contributed by atoms with van der Waals surface area (Å²) in [6.07, 6.45) is 5.19. The Bertz CT molecular complexity index is 1060. The number of phenolic OH excluding ortho intramolecular Hbond substituents is 1. The monoisotopic (exact) mass is 403 g/mol. The SMILES string of the molecule is O=c1[nH]c(-c2cncnc2)nc2c1CCN(Cc1cc(Cl)cc(Cl)c1O)C2. The molecule has 3 aromatic rings. The molecule has 0 atom stereocenters. The van der Waals surface area contributed by atoms with Crippen LogP contribution >= 0.6 is 23.2 Å². The molecule has 2 N–H and O–H groups in total. The van der Waals surface area contributed by atoms with Crippen LogP contribution in [0.4, 0.5) is 0 Å². The van der Waals surface area contributed by atoms with Crippen LogP contribution in [0.25, 0.3) is 11.4 Å². The molecule has 1 aliphatic rings. The Morgan fingerprint density at radius 1 is 1.22 bits per heavy atom. The number of aromatic nitrogens is 4. The molecule has 7 nitrogen and oxygen atoms in total. The van der Waals surface area contributed by atoms with E-state index in [0.717, 1.165) is 0 Å². The van der Waals surface area contributed by atoms with Crippen molar-refractivity contribution < 1.29 is 5.11 Å². The van der Waals surface area contributed by atoms with Gasteiger partial charge in [0.25, 0.3) is 5.56 Å². The molecule has 0 saturated carbocycles. The first kappa shape index (κ1) is 17.9. The number of hydrogen-bond donors (Lipinski definition) is 2. The van der Waals surface area contributed by atoms with Gasteiger partial charge in [0.15, 0.2) is 0 Å². The van der Waals surface area contributed by atoms with Gasteiger partial charge >= 0.3 is 0 Å². The van der Waals surface area contributed by atoms with Gasteiger partial charge in [0.05, 0.1) is 16.3 Å². The smallest absolute Gasteiger partial charge is 0.254 e. The standard InChI is InChI=1S/C18H15Cl2N5O2/c19-12-3-10(16(26)14(20)4-12)7-25-2-1-13-15(8-25)23-17(24-18(13)27)11-5-21-9-22-6-11/h3-6,9,26H,1-2,7-8H2,(H,23,24,27). The number of halogens is 2. The van der Waals surface area contributed by atoms with Crippen molar-refractivity contribution in [3.8, 4) is 17.1 Å². The lowest BCUT2D eigenvalue weighted by atomic mass is 10.0. The molecule has 0 fully saturated rings. The number of aromatic hydroxyl groups is 1. The van der Waals surface area contributed by atoms with Gasteiger partial charge < -0.3 is 10.1 Å². The van der Waals surface area contributed by atoms with Crippen LogP contribution in [0, 0.1) is 0 Å². The molecule has 0 spiro atoms. The number of aromatic amines is 1. The summed E-state index contributed by atoms with van der Waals surface area (Å²) in [5.74, 6) is 0.461. The van der Waals surface area contributed by atoms with Crippen LogP contribution in [0.2, 0.25) is 10.0 Å². The lowest BCUT2D eigenvalue weighted by Gasteiger charge is -2.28. The summed E-state index contributed by atoms with van der Waals surface area (Å²) in [5, 5.41) is 10.9. The first-order valence-corrected chi connectivity index (χ1v) is 9.03. The molecule has 1 aliphatic heterocycles. The summed E-state index contributed by atoms with van der Waals surface area (Å²) in [6, 6.07) is 3.19. The van der Waals surface area contributed by atoms with Crippen molar-refractivity contribution in [3.63, 3.8) is 0 Å². The van der Waals surface area contributed by atoms with Crippen molar-refractivity contribution in [1.29, 1.82) is 0 Å². The van der Waals surface area contributed by atoms with E-state index in [1.807, 2.05) is 0 Å². The highest BCUT2D eigenvalue weighted by molar-refractivity contribution is 6.35. The zero-order valence-electron chi connectivity index (χ0n) is 14.1. The molecule has 1 aromatic carbocycles. The van der Waals surface area contributed by atoms with Crippen molar-refractivity contribution in [1.82, 2.24) is 24.8 Å². The highest BCUT2D eigenvalue weighted by atomic mass is 35.5. The summed E-state index contributed by atoms with van der Waals surface area (Å²) < 4.78 is 0. The summed E-state index contributed by atoms with van der Waals surface area (Å²) in [6.45, 7) is 1.59. The van der Waals surface area contributed by atoms with Crippen LogP contribution in [-0.4, -0.2) is 36.5 Å². The minimum atomic E-state index is -0.146. The van der Waals surface area contributed by atoms with Gasteiger partial charge in [0.1, 0.15) is 17.9 Å². The fourth-order valence-corrected chi connectivity index (χ4v) is 3.70. The van der Waals surface area contributed by atoms with Gasteiger partial charge in [-0.25, -0.2) is 15.0 Å². The van der Waals surface area contributed by atoms with Crippen molar-refractivity contribution >= 4 is 23.2 Å². The number of H-pyrrole nitrogens is 1. The van der Waals surface area contributed by atoms with Crippen LogP contribution in [0.15, 0.2) is 35.6 Å². The molecule has 0 saturated heterocycles. The second-order valence-corrected chi connectivity index (χ2v) is 7.17. The minimum absolute atomic E-state index is 0.0212. The molecule has 138 valence electrons. The van der Waals surface area contributed by atoms with Crippen molar-refractivity contribution in [3.05, 3.63) is 68.1 Å². The van der Waals surface area contributed by atoms with Crippen molar-refractivity contribution in [2.75, 3.05) is 6.54 Å². The van der Waals surface area contributed by atoms with Gasteiger partial charge in [-0.3, -0.25) is 9.69 Å². The second-order valence-electron chi connectivity index (χ2n) is 6.32. The highest BCUT2D eigenvalue weighted by Gasteiger charge is 2.23. The first-order chi connectivity index (χ1) is 13.0. The fraction of sp³-hybridized carbons (Fsp3) is 0.222. The maximum Gasteiger partial charge on any atom is 0.254 e. The van der Waals surface area contributed by atoms with E-state index in [-0.39, 0.29) is 16.3 Å². The van der Waals surface area contributed by atoms with Crippen LogP contribution in [0.1, 0.15) is 16.8 Å². The van der Waals surface area contributed by atoms with Crippen molar-refractivity contribution in [2.24, 2.45) is 0 Å². The van der Waals surface area contributed by atoms with Crippen molar-refractivity contribution in [2.45, 2.75) is 19.5 Å². The van der Waals surface area contributed by atoms with E-state index in [4.69, 9.17) is 23.2 Å². The molecule has 4 rings (SSSR count). The Labute approximate surface area is 164 Å². The molecular formula is C18H15Cl2N5O2. The molecule has 3 heterocycles. The Balaban J connectivity index is 1.63. The van der Waals surface area contributed by atoms with Crippen LogP contribution in [0.5, 0.6) is 5.75 Å². The molecule has 2 aromatic heterocycles. The summed E-state index contributed by atoms with van der Waals surface area (Å²) >= 11 is 12.1. The first-order valence-electron chi connectivity index (χ1n) is 8.28. The maximum atomic E-state index is 12.4. The number of benzene rings is 1. The van der Waals surface area contributed by atoms with Gasteiger partial charge in [-0.1, -0.05) is 23.2 Å². The van der Waals surface area contributed by atoms with E-state index in [0.29, 0.717) is 59.3 Å². The quantitative estimate of drug-likeness (QED) is 0.697. The van der Waals surface area contributed by atoms with Crippen LogP contribution in [0.3, 0.4) is 0 Å². The third kappa shape index (κ3) is 3.66.